The van der Waals surface area contributed by atoms with Crippen LogP contribution >= 0.6 is 11.6 Å². The summed E-state index contributed by atoms with van der Waals surface area (Å²) in [5.74, 6) is -0.664. The number of nitrogens with zero attached hydrogens (tertiary/aromatic N) is 2. The van der Waals surface area contributed by atoms with Gasteiger partial charge in [0.2, 0.25) is 11.8 Å². The van der Waals surface area contributed by atoms with Crippen molar-refractivity contribution < 1.29 is 18.0 Å². The number of nitrogens with one attached hydrogen (secondary N) is 1. The fourth-order valence-corrected chi connectivity index (χ4v) is 6.85. The van der Waals surface area contributed by atoms with E-state index in [-0.39, 0.29) is 23.4 Å². The summed E-state index contributed by atoms with van der Waals surface area (Å²) < 4.78 is 29.2. The lowest BCUT2D eigenvalue weighted by atomic mass is 10.1. The molecule has 1 N–H and O–H groups in total. The van der Waals surface area contributed by atoms with Crippen molar-refractivity contribution in [3.63, 3.8) is 0 Å². The molecule has 0 unspecified atom stereocenters. The van der Waals surface area contributed by atoms with Crippen molar-refractivity contribution in [3.8, 4) is 0 Å². The van der Waals surface area contributed by atoms with Crippen molar-refractivity contribution in [2.75, 3.05) is 10.8 Å². The molecule has 0 radical (unpaired) electrons. The van der Waals surface area contributed by atoms with Gasteiger partial charge in [0.15, 0.2) is 0 Å². The maximum absolute atomic E-state index is 14.2. The van der Waals surface area contributed by atoms with Crippen LogP contribution in [0.5, 0.6) is 0 Å². The van der Waals surface area contributed by atoms with E-state index < -0.39 is 28.5 Å². The van der Waals surface area contributed by atoms with Crippen molar-refractivity contribution in [2.24, 2.45) is 0 Å². The molecule has 4 rings (SSSR count). The number of hydrogen-bond donors (Lipinski definition) is 1. The molecule has 0 aliphatic heterocycles. The number of halogens is 1. The smallest absolute Gasteiger partial charge is 0.264 e. The van der Waals surface area contributed by atoms with Crippen LogP contribution < -0.4 is 9.62 Å². The summed E-state index contributed by atoms with van der Waals surface area (Å²) in [6, 6.07) is 18.3. The molecule has 9 heteroatoms. The van der Waals surface area contributed by atoms with E-state index in [1.807, 2.05) is 58.0 Å². The Balaban J connectivity index is 1.73. The molecule has 0 heterocycles. The third-order valence-corrected chi connectivity index (χ3v) is 10.1. The minimum absolute atomic E-state index is 0.0223. The quantitative estimate of drug-likeness (QED) is 0.275. The second-order valence-corrected chi connectivity index (χ2v) is 13.5. The minimum atomic E-state index is -4.15. The molecule has 0 saturated heterocycles. The zero-order valence-corrected chi connectivity index (χ0v) is 26.3. The molecule has 1 aliphatic carbocycles. The molecule has 42 heavy (non-hydrogen) atoms. The maximum Gasteiger partial charge on any atom is 0.264 e. The number of amides is 2. The predicted octanol–water partition coefficient (Wildman–Crippen LogP) is 6.33. The molecule has 0 spiro atoms. The highest BCUT2D eigenvalue weighted by atomic mass is 35.5. The molecular weight excluding hydrogens is 570 g/mol. The molecule has 7 nitrogen and oxygen atoms in total. The Morgan fingerprint density at radius 2 is 1.57 bits per heavy atom. The lowest BCUT2D eigenvalue weighted by Crippen LogP contribution is -2.53. The topological polar surface area (TPSA) is 86.8 Å². The Hall–Kier alpha value is -3.36. The highest BCUT2D eigenvalue weighted by Gasteiger charge is 2.34. The van der Waals surface area contributed by atoms with E-state index in [0.29, 0.717) is 17.1 Å². The van der Waals surface area contributed by atoms with E-state index in [1.165, 1.54) is 29.2 Å². The molecule has 3 aromatic carbocycles. The van der Waals surface area contributed by atoms with Gasteiger partial charge >= 0.3 is 0 Å². The van der Waals surface area contributed by atoms with Crippen LogP contribution in [0.25, 0.3) is 0 Å². The van der Waals surface area contributed by atoms with Crippen molar-refractivity contribution in [2.45, 2.75) is 83.3 Å². The lowest BCUT2D eigenvalue weighted by Gasteiger charge is -2.34. The van der Waals surface area contributed by atoms with Crippen LogP contribution in [-0.2, 0) is 26.2 Å². The van der Waals surface area contributed by atoms with E-state index in [1.54, 1.807) is 12.1 Å². The summed E-state index contributed by atoms with van der Waals surface area (Å²) in [7, 11) is -4.15. The summed E-state index contributed by atoms with van der Waals surface area (Å²) in [5.41, 5.74) is 4.22. The summed E-state index contributed by atoms with van der Waals surface area (Å²) >= 11 is 6.04. The van der Waals surface area contributed by atoms with Gasteiger partial charge in [-0.05, 0) is 93.1 Å². The monoisotopic (exact) mass is 609 g/mol. The molecule has 1 fully saturated rings. The molecule has 224 valence electrons. The summed E-state index contributed by atoms with van der Waals surface area (Å²) in [6.07, 6.45) is 4.38. The number of anilines is 1. The van der Waals surface area contributed by atoms with Gasteiger partial charge in [0, 0.05) is 17.6 Å². The zero-order chi connectivity index (χ0) is 30.4. The predicted molar refractivity (Wildman–Crippen MR) is 168 cm³/mol. The number of hydrogen-bond acceptors (Lipinski definition) is 4. The number of rotatable bonds is 11. The van der Waals surface area contributed by atoms with Gasteiger partial charge in [0.25, 0.3) is 10.0 Å². The highest BCUT2D eigenvalue weighted by molar-refractivity contribution is 7.92. The highest BCUT2D eigenvalue weighted by Crippen LogP contribution is 2.28. The van der Waals surface area contributed by atoms with Crippen LogP contribution in [0, 0.1) is 20.8 Å². The van der Waals surface area contributed by atoms with Gasteiger partial charge in [0.05, 0.1) is 10.6 Å². The first-order valence-corrected chi connectivity index (χ1v) is 16.3. The lowest BCUT2D eigenvalue weighted by molar-refractivity contribution is -0.140. The Morgan fingerprint density at radius 3 is 2.17 bits per heavy atom. The van der Waals surface area contributed by atoms with E-state index >= 15 is 0 Å². The van der Waals surface area contributed by atoms with Gasteiger partial charge in [0.1, 0.15) is 12.6 Å². The maximum atomic E-state index is 14.2. The molecule has 2 amide bonds. The summed E-state index contributed by atoms with van der Waals surface area (Å²) in [6.45, 7) is 7.42. The average molecular weight is 610 g/mol. The van der Waals surface area contributed by atoms with Gasteiger partial charge < -0.3 is 10.2 Å². The Bertz CT molecular complexity index is 1500. The van der Waals surface area contributed by atoms with Gasteiger partial charge in [-0.1, -0.05) is 67.3 Å². The second-order valence-electron chi connectivity index (χ2n) is 11.2. The van der Waals surface area contributed by atoms with Gasteiger partial charge in [-0.2, -0.15) is 0 Å². The standard InChI is InChI=1S/C33H40ClN3O4S/c1-5-31(33(39)35-28-8-6-7-9-28)36(21-26-13-10-23(2)11-14-26)32(38)22-37(29-17-12-24(3)25(4)20-29)42(40,41)30-18-15-27(34)16-19-30/h10-20,28,31H,5-9,21-22H2,1-4H3,(H,35,39)/t31-/m0/s1. The van der Waals surface area contributed by atoms with Crippen molar-refractivity contribution >= 4 is 39.1 Å². The van der Waals surface area contributed by atoms with Gasteiger partial charge in [-0.15, -0.1) is 0 Å². The molecule has 0 aromatic heterocycles. The largest absolute Gasteiger partial charge is 0.352 e. The molecule has 1 saturated carbocycles. The van der Waals surface area contributed by atoms with E-state index in [4.69, 9.17) is 11.6 Å². The zero-order valence-electron chi connectivity index (χ0n) is 24.8. The first-order chi connectivity index (χ1) is 20.0. The average Bonchev–Trinajstić information content (AvgIpc) is 3.47. The molecular formula is C33H40ClN3O4S. The fourth-order valence-electron chi connectivity index (χ4n) is 5.32. The van der Waals surface area contributed by atoms with Crippen LogP contribution in [0.3, 0.4) is 0 Å². The molecule has 1 aliphatic rings. The first kappa shape index (κ1) is 31.6. The summed E-state index contributed by atoms with van der Waals surface area (Å²) in [5, 5.41) is 3.55. The number of aryl methyl sites for hydroxylation is 3. The van der Waals surface area contributed by atoms with Crippen molar-refractivity contribution in [1.29, 1.82) is 0 Å². The van der Waals surface area contributed by atoms with Crippen LogP contribution in [-0.4, -0.2) is 43.8 Å². The Labute approximate surface area is 254 Å². The van der Waals surface area contributed by atoms with E-state index in [9.17, 15) is 18.0 Å². The Morgan fingerprint density at radius 1 is 0.929 bits per heavy atom. The molecule has 1 atom stereocenters. The van der Waals surface area contributed by atoms with Gasteiger partial charge in [-0.25, -0.2) is 8.42 Å². The van der Waals surface area contributed by atoms with Crippen LogP contribution in [0.1, 0.15) is 61.3 Å². The number of benzene rings is 3. The van der Waals surface area contributed by atoms with Crippen LogP contribution in [0.2, 0.25) is 5.02 Å². The second kappa shape index (κ2) is 13.7. The molecule has 3 aromatic rings. The number of carbonyl (C=O) groups is 2. The third kappa shape index (κ3) is 7.53. The third-order valence-electron chi connectivity index (χ3n) is 8.02. The minimum Gasteiger partial charge on any atom is -0.352 e. The number of carbonyl (C=O) groups excluding carboxylic acids is 2. The van der Waals surface area contributed by atoms with Crippen LogP contribution in [0.15, 0.2) is 71.6 Å². The van der Waals surface area contributed by atoms with Crippen LogP contribution in [0.4, 0.5) is 5.69 Å². The van der Waals surface area contributed by atoms with Crippen molar-refractivity contribution in [1.82, 2.24) is 10.2 Å². The van der Waals surface area contributed by atoms with E-state index in [0.717, 1.165) is 52.2 Å². The number of sulfonamides is 1. The van der Waals surface area contributed by atoms with Gasteiger partial charge in [-0.3, -0.25) is 13.9 Å². The first-order valence-electron chi connectivity index (χ1n) is 14.5. The SMILES string of the molecule is CC[C@@H](C(=O)NC1CCCC1)N(Cc1ccc(C)cc1)C(=O)CN(c1ccc(C)c(C)c1)S(=O)(=O)c1ccc(Cl)cc1. The normalized spacial score (nSPS) is 14.4. The summed E-state index contributed by atoms with van der Waals surface area (Å²) in [4.78, 5) is 29.4. The van der Waals surface area contributed by atoms with E-state index in [2.05, 4.69) is 5.32 Å². The fraction of sp³-hybridized carbons (Fsp3) is 0.394. The molecule has 0 bridgehead atoms. The van der Waals surface area contributed by atoms with Crippen molar-refractivity contribution in [3.05, 3.63) is 94.0 Å². The Kier molecular flexibility index (Phi) is 10.3.